The van der Waals surface area contributed by atoms with Crippen molar-refractivity contribution in [2.24, 2.45) is 15.7 Å². The summed E-state index contributed by atoms with van der Waals surface area (Å²) in [6, 6.07) is 0.0479. The van der Waals surface area contributed by atoms with Crippen LogP contribution in [-0.4, -0.2) is 29.3 Å². The van der Waals surface area contributed by atoms with Crippen LogP contribution in [0.25, 0.3) is 0 Å². The summed E-state index contributed by atoms with van der Waals surface area (Å²) in [7, 11) is 0. The van der Waals surface area contributed by atoms with Crippen LogP contribution in [0.1, 0.15) is 13.8 Å². The Kier molecular flexibility index (Phi) is 5.53. The van der Waals surface area contributed by atoms with Crippen LogP contribution in [0.3, 0.4) is 0 Å². The lowest BCUT2D eigenvalue weighted by atomic mass is 10.3. The molecule has 4 nitrogen and oxygen atoms in total. The van der Waals surface area contributed by atoms with Crippen LogP contribution in [0, 0.1) is 0 Å². The van der Waals surface area contributed by atoms with Crippen LogP contribution in [-0.2, 0) is 4.79 Å². The zero-order valence-corrected chi connectivity index (χ0v) is 8.71. The molecule has 0 spiro atoms. The van der Waals surface area contributed by atoms with Crippen molar-refractivity contribution in [3.05, 3.63) is 0 Å². The van der Waals surface area contributed by atoms with E-state index in [2.05, 4.69) is 25.9 Å². The van der Waals surface area contributed by atoms with E-state index >= 15 is 0 Å². The number of rotatable bonds is 3. The van der Waals surface area contributed by atoms with Gasteiger partial charge in [-0.25, -0.2) is 4.99 Å². The van der Waals surface area contributed by atoms with E-state index in [0.29, 0.717) is 0 Å². The van der Waals surface area contributed by atoms with E-state index in [4.69, 9.17) is 5.73 Å². The fraction of sp³-hybridized carbons (Fsp3) is 0.571. The molecular weight excluding hydrogens is 222 g/mol. The minimum absolute atomic E-state index is 0.0479. The molecule has 0 fully saturated rings. The number of carbonyl (C=O) groups excluding carboxylic acids is 1. The van der Waals surface area contributed by atoms with Gasteiger partial charge in [0.2, 0.25) is 5.78 Å². The fourth-order valence-electron chi connectivity index (χ4n) is 0.552. The number of carbonyl (C=O) groups is 1. The van der Waals surface area contributed by atoms with Gasteiger partial charge in [-0.05, 0) is 13.8 Å². The maximum atomic E-state index is 11.1. The largest absolute Gasteiger partial charge is 0.390 e. The molecule has 0 aromatic carbocycles. The molecule has 0 amide bonds. The van der Waals surface area contributed by atoms with Gasteiger partial charge in [-0.2, -0.15) is 0 Å². The maximum absolute atomic E-state index is 11.1. The molecule has 0 saturated heterocycles. The van der Waals surface area contributed by atoms with Gasteiger partial charge in [0.15, 0.2) is 5.84 Å². The summed E-state index contributed by atoms with van der Waals surface area (Å²) in [5, 5.41) is 0.218. The first-order valence-corrected chi connectivity index (χ1v) is 4.65. The molecule has 0 bridgehead atoms. The number of nitrogens with two attached hydrogens (primary N) is 1. The summed E-state index contributed by atoms with van der Waals surface area (Å²) in [4.78, 5) is 18.7. The molecule has 12 heavy (non-hydrogen) atoms. The molecular formula is C7H12BrN3O. The fourth-order valence-corrected chi connectivity index (χ4v) is 0.803. The normalized spacial score (nSPS) is 12.8. The number of hydrogen-bond donors (Lipinski definition) is 1. The van der Waals surface area contributed by atoms with E-state index in [0.717, 1.165) is 6.34 Å². The molecule has 68 valence electrons. The number of aliphatic imine (C=N–C) groups is 2. The minimum atomic E-state index is -0.162. The molecule has 0 aliphatic carbocycles. The highest BCUT2D eigenvalue weighted by atomic mass is 79.9. The second kappa shape index (κ2) is 5.88. The second-order valence-corrected chi connectivity index (χ2v) is 2.94. The Labute approximate surface area is 80.1 Å². The average Bonchev–Trinajstić information content (AvgIpc) is 2.01. The van der Waals surface area contributed by atoms with Crippen molar-refractivity contribution >= 4 is 33.9 Å². The van der Waals surface area contributed by atoms with E-state index in [1.54, 1.807) is 0 Å². The third kappa shape index (κ3) is 4.23. The first-order chi connectivity index (χ1) is 5.61. The molecule has 2 N–H and O–H groups in total. The highest BCUT2D eigenvalue weighted by Gasteiger charge is 2.07. The van der Waals surface area contributed by atoms with Crippen molar-refractivity contribution in [2.45, 2.75) is 19.9 Å². The molecule has 0 saturated carbocycles. The Morgan fingerprint density at radius 3 is 2.58 bits per heavy atom. The topological polar surface area (TPSA) is 67.8 Å². The van der Waals surface area contributed by atoms with Crippen molar-refractivity contribution in [1.29, 1.82) is 0 Å². The van der Waals surface area contributed by atoms with Crippen molar-refractivity contribution in [2.75, 3.05) is 5.33 Å². The molecule has 0 heterocycles. The molecule has 0 aliphatic heterocycles. The highest BCUT2D eigenvalue weighted by Crippen LogP contribution is 1.94. The molecule has 5 heteroatoms. The standard InChI is InChI=1S/C7H12BrN3O/c1-5(2)11-7(10-4-9)6(12)3-8/h4-5H,3H2,1-2H3,(H2,9,10,11). The van der Waals surface area contributed by atoms with Gasteiger partial charge >= 0.3 is 0 Å². The lowest BCUT2D eigenvalue weighted by molar-refractivity contribution is -0.110. The van der Waals surface area contributed by atoms with Crippen molar-refractivity contribution in [3.8, 4) is 0 Å². The number of halogens is 1. The molecule has 0 aliphatic rings. The number of nitrogens with zero attached hydrogens (tertiary/aromatic N) is 2. The molecule has 0 atom stereocenters. The van der Waals surface area contributed by atoms with Gasteiger partial charge in [0.1, 0.15) is 0 Å². The summed E-state index contributed by atoms with van der Waals surface area (Å²) >= 11 is 3.03. The number of hydrogen-bond acceptors (Lipinski definition) is 2. The van der Waals surface area contributed by atoms with Gasteiger partial charge in [-0.15, -0.1) is 0 Å². The Balaban J connectivity index is 4.54. The quantitative estimate of drug-likeness (QED) is 0.444. The minimum Gasteiger partial charge on any atom is -0.390 e. The second-order valence-electron chi connectivity index (χ2n) is 2.38. The van der Waals surface area contributed by atoms with Gasteiger partial charge in [-0.3, -0.25) is 9.79 Å². The third-order valence-corrected chi connectivity index (χ3v) is 1.46. The SMILES string of the molecule is CC(C)N=C(N=CN)C(=O)CBr. The van der Waals surface area contributed by atoms with E-state index in [9.17, 15) is 4.79 Å². The van der Waals surface area contributed by atoms with Gasteiger partial charge in [-0.1, -0.05) is 15.9 Å². The summed E-state index contributed by atoms with van der Waals surface area (Å²) in [6.45, 7) is 3.74. The number of Topliss-reactive ketones (excluding diaryl/α,β-unsaturated/α-hetero) is 1. The Hall–Kier alpha value is -0.710. The van der Waals surface area contributed by atoms with E-state index in [1.165, 1.54) is 0 Å². The molecule has 0 unspecified atom stereocenters. The molecule has 0 aromatic heterocycles. The Morgan fingerprint density at radius 1 is 1.67 bits per heavy atom. The Morgan fingerprint density at radius 2 is 2.25 bits per heavy atom. The van der Waals surface area contributed by atoms with E-state index in [1.807, 2.05) is 13.8 Å². The third-order valence-electron chi connectivity index (χ3n) is 0.948. The summed E-state index contributed by atoms with van der Waals surface area (Å²) in [6.07, 6.45) is 1.07. The maximum Gasteiger partial charge on any atom is 0.210 e. The summed E-state index contributed by atoms with van der Waals surface area (Å²) in [5.41, 5.74) is 5.06. The van der Waals surface area contributed by atoms with Gasteiger partial charge in [0, 0.05) is 6.04 Å². The number of amidine groups is 1. The van der Waals surface area contributed by atoms with Crippen LogP contribution in [0.2, 0.25) is 0 Å². The van der Waals surface area contributed by atoms with Crippen LogP contribution in [0.15, 0.2) is 9.98 Å². The van der Waals surface area contributed by atoms with E-state index < -0.39 is 0 Å². The number of ketones is 1. The smallest absolute Gasteiger partial charge is 0.210 e. The summed E-state index contributed by atoms with van der Waals surface area (Å²) in [5.74, 6) is 0.00905. The number of alkyl halides is 1. The predicted octanol–water partition coefficient (Wildman–Crippen LogP) is 0.744. The van der Waals surface area contributed by atoms with Crippen molar-refractivity contribution < 1.29 is 4.79 Å². The summed E-state index contributed by atoms with van der Waals surface area (Å²) < 4.78 is 0. The van der Waals surface area contributed by atoms with Crippen LogP contribution in [0.4, 0.5) is 0 Å². The van der Waals surface area contributed by atoms with Crippen molar-refractivity contribution in [3.63, 3.8) is 0 Å². The van der Waals surface area contributed by atoms with Gasteiger partial charge in [0.25, 0.3) is 0 Å². The van der Waals surface area contributed by atoms with Crippen LogP contribution < -0.4 is 5.73 Å². The van der Waals surface area contributed by atoms with Crippen LogP contribution >= 0.6 is 15.9 Å². The van der Waals surface area contributed by atoms with Gasteiger partial charge in [0.05, 0.1) is 11.7 Å². The first-order valence-electron chi connectivity index (χ1n) is 3.53. The first kappa shape index (κ1) is 11.3. The molecule has 0 aromatic rings. The average molecular weight is 234 g/mol. The molecule has 0 rings (SSSR count). The van der Waals surface area contributed by atoms with Crippen LogP contribution in [0.5, 0.6) is 0 Å². The van der Waals surface area contributed by atoms with Gasteiger partial charge < -0.3 is 5.73 Å². The predicted molar refractivity (Wildman–Crippen MR) is 54.1 cm³/mol. The lowest BCUT2D eigenvalue weighted by Crippen LogP contribution is -2.16. The van der Waals surface area contributed by atoms with E-state index in [-0.39, 0.29) is 23.0 Å². The zero-order chi connectivity index (χ0) is 9.56. The molecule has 0 radical (unpaired) electrons. The Bertz CT molecular complexity index is 211. The lowest BCUT2D eigenvalue weighted by Gasteiger charge is -1.99. The monoisotopic (exact) mass is 233 g/mol. The highest BCUT2D eigenvalue weighted by molar-refractivity contribution is 9.09. The zero-order valence-electron chi connectivity index (χ0n) is 7.12. The van der Waals surface area contributed by atoms with Crippen molar-refractivity contribution in [1.82, 2.24) is 0 Å².